The van der Waals surface area contributed by atoms with Gasteiger partial charge in [0.2, 0.25) is 17.7 Å². The van der Waals surface area contributed by atoms with E-state index in [1.807, 2.05) is 13.0 Å². The minimum Gasteiger partial charge on any atom is -0.508 e. The first-order valence-electron chi connectivity index (χ1n) is 29.4. The third-order valence-corrected chi connectivity index (χ3v) is 16.9. The van der Waals surface area contributed by atoms with Crippen LogP contribution in [0.1, 0.15) is 87.4 Å². The van der Waals surface area contributed by atoms with Crippen LogP contribution in [0.4, 0.5) is 5.69 Å². The number of anilines is 1. The van der Waals surface area contributed by atoms with Crippen LogP contribution < -0.4 is 31.7 Å². The Labute approximate surface area is 533 Å². The number of phenols is 2. The van der Waals surface area contributed by atoms with Gasteiger partial charge in [0, 0.05) is 41.4 Å². The maximum Gasteiger partial charge on any atom is 0.474 e. The van der Waals surface area contributed by atoms with Gasteiger partial charge in [-0.15, -0.1) is 0 Å². The van der Waals surface area contributed by atoms with Gasteiger partial charge in [0.25, 0.3) is 0 Å². The first-order chi connectivity index (χ1) is 43.6. The third-order valence-electron chi connectivity index (χ3n) is 15.7. The standard InChI is InChI=1S/C60H78N5O25PS/c1-28(2)8-6-9-29(3)10-7-11-30(4)18-19-81-20-21-82-91(79,80)90-58-53(50(76)49(75)52(87-58)54(61)77)88-57-45(63-31(5)68)48(74)51(42(27-67)85-57)86-56-44(47(73)46(72)41(26-66)84-56)65-43(71)25-62-59(92)64-32-12-15-36-35(22-32)55(78)89-60(36)37-16-13-33(69)23-39(37)83-40-24-34(70)14-17-38(40)60/h8,10,12-18,22-24,41-42,44-53,56-58,66-67,69-70,72-76H,6-7,9,11,19-21,25-27H2,1-5H3,(H2,61,77)(H,63,68)(H,65,71)(H,79,80)(H2,62,64,92)/t41?,42?,44?,45?,46-,47+,48+,49+,50-,51+,52?,53?,56-,57-,58-/m0/s1. The van der Waals surface area contributed by atoms with Crippen LogP contribution in [0.2, 0.25) is 0 Å². The molecule has 32 heteroatoms. The number of nitrogens with one attached hydrogen (secondary N) is 4. The number of hydrogen-bond donors (Lipinski definition) is 15. The van der Waals surface area contributed by atoms with E-state index in [-0.39, 0.29) is 52.6 Å². The number of hydrogen-bond acceptors (Lipinski definition) is 25. The van der Waals surface area contributed by atoms with Gasteiger partial charge in [-0.25, -0.2) is 9.36 Å². The first kappa shape index (κ1) is 71.3. The number of primary amides is 1. The van der Waals surface area contributed by atoms with Gasteiger partial charge in [-0.1, -0.05) is 41.0 Å². The number of phosphoric acid groups is 1. The van der Waals surface area contributed by atoms with Crippen LogP contribution in [0, 0.1) is 0 Å². The molecular weight excluding hydrogens is 1250 g/mol. The van der Waals surface area contributed by atoms with Gasteiger partial charge in [-0.3, -0.25) is 23.4 Å². The Morgan fingerprint density at radius 2 is 1.30 bits per heavy atom. The van der Waals surface area contributed by atoms with E-state index >= 15 is 0 Å². The number of carbonyl (C=O) groups is 4. The van der Waals surface area contributed by atoms with E-state index in [1.165, 1.54) is 41.5 Å². The quantitative estimate of drug-likeness (QED) is 0.0173. The first-order valence-corrected chi connectivity index (χ1v) is 31.3. The molecule has 0 saturated carbocycles. The van der Waals surface area contributed by atoms with Gasteiger partial charge in [-0.2, -0.15) is 0 Å². The van der Waals surface area contributed by atoms with Gasteiger partial charge in [0.05, 0.1) is 45.1 Å². The molecule has 5 heterocycles. The van der Waals surface area contributed by atoms with Gasteiger partial charge in [0.15, 0.2) is 35.7 Å². The lowest BCUT2D eigenvalue weighted by molar-refractivity contribution is -0.358. The maximum absolute atomic E-state index is 13.7. The van der Waals surface area contributed by atoms with Crippen molar-refractivity contribution in [3.63, 3.8) is 0 Å². The number of allylic oxidation sites excluding steroid dienone is 5. The molecule has 0 aliphatic carbocycles. The SMILES string of the molecule is CC(=O)NC1[C@H](OC2[C@H](OP(=O)(O)OCCOCC=C(C)CCC=C(C)CCC=C(C)C)OC(C(N)=O)[C@H](O)[C@@H]2O)OC(CO)[C@@H](O[C@@H]2OC(CO)[C@H](O)[C@H](O)C2NC(=O)CNC(=S)Nc2ccc3c(c2)C(=O)OC32c3ccc(O)cc3Oc3cc(O)ccc32)[C@@H]1O. The molecule has 5 aliphatic heterocycles. The van der Waals surface area contributed by atoms with Crippen molar-refractivity contribution in [1.29, 1.82) is 0 Å². The van der Waals surface area contributed by atoms with Gasteiger partial charge in [0.1, 0.15) is 90.0 Å². The second-order valence-electron chi connectivity index (χ2n) is 22.8. The highest BCUT2D eigenvalue weighted by Gasteiger charge is 2.57. The van der Waals surface area contributed by atoms with Crippen molar-refractivity contribution in [1.82, 2.24) is 16.0 Å². The van der Waals surface area contributed by atoms with Crippen molar-refractivity contribution in [3.05, 3.63) is 112 Å². The molecule has 3 aromatic carbocycles. The van der Waals surface area contributed by atoms with Crippen molar-refractivity contribution in [2.45, 2.75) is 158 Å². The fourth-order valence-electron chi connectivity index (χ4n) is 11.1. The molecule has 3 saturated heterocycles. The number of phosphoric ester groups is 1. The summed E-state index contributed by atoms with van der Waals surface area (Å²) < 4.78 is 70.7. The molecule has 3 fully saturated rings. The lowest BCUT2D eigenvalue weighted by Crippen LogP contribution is -2.70. The smallest absolute Gasteiger partial charge is 0.474 e. The monoisotopic (exact) mass is 1330 g/mol. The highest BCUT2D eigenvalue weighted by Crippen LogP contribution is 2.57. The molecule has 3 aromatic rings. The zero-order valence-electron chi connectivity index (χ0n) is 50.7. The van der Waals surface area contributed by atoms with Gasteiger partial charge in [-0.05, 0) is 102 Å². The largest absolute Gasteiger partial charge is 0.508 e. The van der Waals surface area contributed by atoms with E-state index in [4.69, 9.17) is 64.9 Å². The number of benzene rings is 3. The number of esters is 1. The fourth-order valence-corrected chi connectivity index (χ4v) is 12.0. The number of carbonyl (C=O) groups excluding carboxylic acids is 4. The molecule has 7 unspecified atom stereocenters. The second-order valence-corrected chi connectivity index (χ2v) is 24.6. The molecule has 30 nitrogen and oxygen atoms in total. The molecule has 0 bridgehead atoms. The average Bonchev–Trinajstić information content (AvgIpc) is 1.47. The predicted molar refractivity (Wildman–Crippen MR) is 324 cm³/mol. The molecule has 0 aromatic heterocycles. The lowest BCUT2D eigenvalue weighted by Gasteiger charge is -2.49. The van der Waals surface area contributed by atoms with Crippen LogP contribution in [0.15, 0.2) is 89.5 Å². The molecule has 5 aliphatic rings. The zero-order valence-corrected chi connectivity index (χ0v) is 52.4. The van der Waals surface area contributed by atoms with Crippen LogP contribution in [0.25, 0.3) is 0 Å². The summed E-state index contributed by atoms with van der Waals surface area (Å²) in [5.74, 6) is -3.78. The number of rotatable bonds is 26. The van der Waals surface area contributed by atoms with Crippen LogP contribution >= 0.6 is 20.0 Å². The summed E-state index contributed by atoms with van der Waals surface area (Å²) in [5, 5.41) is 108. The summed E-state index contributed by atoms with van der Waals surface area (Å²) in [5.41, 5.74) is 9.00. The highest BCUT2D eigenvalue weighted by molar-refractivity contribution is 7.80. The molecule has 504 valence electrons. The number of aromatic hydroxyl groups is 2. The summed E-state index contributed by atoms with van der Waals surface area (Å²) in [7, 11) is -5.26. The number of fused-ring (bicyclic) bond motifs is 6. The number of phenolic OH excluding ortho intramolecular Hbond substituents is 2. The predicted octanol–water partition coefficient (Wildman–Crippen LogP) is 0.731. The van der Waals surface area contributed by atoms with Crippen molar-refractivity contribution >= 4 is 54.5 Å². The van der Waals surface area contributed by atoms with Crippen molar-refractivity contribution < 1.29 is 122 Å². The minimum absolute atomic E-state index is 0.108. The Bertz CT molecular complexity index is 3260. The van der Waals surface area contributed by atoms with Crippen LogP contribution in [0.3, 0.4) is 0 Å². The Balaban J connectivity index is 0.904. The van der Waals surface area contributed by atoms with E-state index in [1.54, 1.807) is 24.3 Å². The molecule has 92 heavy (non-hydrogen) atoms. The summed E-state index contributed by atoms with van der Waals surface area (Å²) in [6.45, 7) is 5.93. The lowest BCUT2D eigenvalue weighted by atomic mass is 9.77. The zero-order chi connectivity index (χ0) is 66.9. The van der Waals surface area contributed by atoms with E-state index in [0.717, 1.165) is 38.2 Å². The van der Waals surface area contributed by atoms with Crippen molar-refractivity contribution in [2.24, 2.45) is 5.73 Å². The average molecular weight is 1330 g/mol. The number of ether oxygens (including phenoxy) is 8. The van der Waals surface area contributed by atoms with Crippen LogP contribution in [0.5, 0.6) is 23.0 Å². The Morgan fingerprint density at radius 3 is 1.92 bits per heavy atom. The maximum atomic E-state index is 13.7. The van der Waals surface area contributed by atoms with Crippen molar-refractivity contribution in [2.75, 3.05) is 44.9 Å². The molecule has 8 rings (SSSR count). The second kappa shape index (κ2) is 31.1. The normalized spacial score (nSPS) is 28.9. The van der Waals surface area contributed by atoms with Crippen molar-refractivity contribution in [3.8, 4) is 23.0 Å². The van der Waals surface area contributed by atoms with Crippen LogP contribution in [-0.4, -0.2) is 211 Å². The van der Waals surface area contributed by atoms with Gasteiger partial charge >= 0.3 is 13.8 Å². The van der Waals surface area contributed by atoms with E-state index < -0.39 is 155 Å². The molecule has 0 radical (unpaired) electrons. The number of aliphatic hydroxyl groups excluding tert-OH is 7. The Kier molecular flexibility index (Phi) is 24.1. The number of thiocarbonyl (C=S) groups is 1. The summed E-state index contributed by atoms with van der Waals surface area (Å²) in [6.07, 6.45) is -16.3. The fraction of sp³-hybridized carbons (Fsp3) is 0.517. The molecule has 3 amide bonds. The number of aliphatic hydroxyl groups is 7. The molecule has 1 spiro atoms. The summed E-state index contributed by atoms with van der Waals surface area (Å²) in [4.78, 5) is 63.4. The molecule has 16 atom stereocenters. The number of nitrogens with two attached hydrogens (primary N) is 1. The van der Waals surface area contributed by atoms with Crippen LogP contribution in [-0.2, 0) is 66.8 Å². The molecule has 16 N–H and O–H groups in total. The Hall–Kier alpha value is -6.56. The third kappa shape index (κ3) is 16.9. The Morgan fingerprint density at radius 1 is 0.707 bits per heavy atom. The topological polar surface area (TPSA) is 454 Å². The highest BCUT2D eigenvalue weighted by atomic mass is 32.1. The minimum atomic E-state index is -5.26. The van der Waals surface area contributed by atoms with E-state index in [0.29, 0.717) is 16.7 Å². The number of amides is 3. The van der Waals surface area contributed by atoms with E-state index in [9.17, 15) is 74.6 Å². The summed E-state index contributed by atoms with van der Waals surface area (Å²) >= 11 is 5.47. The molecular formula is C60H78N5O25PS. The summed E-state index contributed by atoms with van der Waals surface area (Å²) in [6, 6.07) is 9.65. The van der Waals surface area contributed by atoms with Gasteiger partial charge < -0.3 is 116 Å². The van der Waals surface area contributed by atoms with E-state index in [2.05, 4.69) is 54.2 Å².